The number of carboxylic acid groups (broad SMARTS) is 1. The van der Waals surface area contributed by atoms with Gasteiger partial charge in [-0.25, -0.2) is 4.79 Å². The van der Waals surface area contributed by atoms with Gasteiger partial charge in [0.15, 0.2) is 0 Å². The van der Waals surface area contributed by atoms with Crippen molar-refractivity contribution in [3.63, 3.8) is 0 Å². The number of aromatic carboxylic acids is 1. The second kappa shape index (κ2) is 6.60. The van der Waals surface area contributed by atoms with Crippen LogP contribution in [-0.2, 0) is 6.54 Å². The molecule has 110 valence electrons. The number of carbonyl (C=O) groups excluding carboxylic acids is 1. The first-order valence-corrected chi connectivity index (χ1v) is 6.44. The molecular weight excluding hydrogens is 274 g/mol. The molecule has 21 heavy (non-hydrogen) atoms. The van der Waals surface area contributed by atoms with Crippen LogP contribution in [0.3, 0.4) is 0 Å². The molecule has 1 aromatic heterocycles. The van der Waals surface area contributed by atoms with Crippen LogP contribution in [0.15, 0.2) is 40.8 Å². The van der Waals surface area contributed by atoms with Crippen LogP contribution in [0.5, 0.6) is 5.75 Å². The van der Waals surface area contributed by atoms with Gasteiger partial charge in [-0.3, -0.25) is 4.79 Å². The van der Waals surface area contributed by atoms with Gasteiger partial charge < -0.3 is 19.6 Å². The zero-order chi connectivity index (χ0) is 15.2. The van der Waals surface area contributed by atoms with Crippen molar-refractivity contribution >= 4 is 11.9 Å². The largest absolute Gasteiger partial charge is 0.493 e. The average molecular weight is 289 g/mol. The number of rotatable bonds is 6. The Morgan fingerprint density at radius 2 is 2.00 bits per heavy atom. The second-order valence-corrected chi connectivity index (χ2v) is 4.18. The molecule has 0 spiro atoms. The highest BCUT2D eigenvalue weighted by atomic mass is 16.5. The topological polar surface area (TPSA) is 88.8 Å². The maximum atomic E-state index is 12.1. The van der Waals surface area contributed by atoms with E-state index < -0.39 is 5.97 Å². The van der Waals surface area contributed by atoms with E-state index in [-0.39, 0.29) is 18.2 Å². The minimum Gasteiger partial charge on any atom is -0.493 e. The number of furan rings is 1. The molecule has 6 heteroatoms. The maximum Gasteiger partial charge on any atom is 0.371 e. The normalized spacial score (nSPS) is 10.1. The van der Waals surface area contributed by atoms with Gasteiger partial charge in [-0.15, -0.1) is 0 Å². The third-order valence-electron chi connectivity index (χ3n) is 2.73. The van der Waals surface area contributed by atoms with E-state index in [1.807, 2.05) is 6.92 Å². The molecular formula is C15H15NO5. The molecule has 0 fully saturated rings. The Labute approximate surface area is 121 Å². The predicted molar refractivity (Wildman–Crippen MR) is 74.4 cm³/mol. The standard InChI is InChI=1S/C15H15NO5/c1-2-20-12-6-4-3-5-11(12)14(17)16-9-10-7-8-13(21-10)15(18)19/h3-8H,2,9H2,1H3,(H,16,17)(H,18,19). The predicted octanol–water partition coefficient (Wildman–Crippen LogP) is 2.31. The molecule has 1 amide bonds. The molecule has 1 heterocycles. The SMILES string of the molecule is CCOc1ccccc1C(=O)NCc1ccc(C(=O)O)o1. The number of para-hydroxylation sites is 1. The van der Waals surface area contributed by atoms with Crippen molar-refractivity contribution < 1.29 is 23.8 Å². The molecule has 0 atom stereocenters. The van der Waals surface area contributed by atoms with Gasteiger partial charge in [0.25, 0.3) is 5.91 Å². The van der Waals surface area contributed by atoms with Crippen LogP contribution in [0.2, 0.25) is 0 Å². The van der Waals surface area contributed by atoms with E-state index in [9.17, 15) is 9.59 Å². The molecule has 0 unspecified atom stereocenters. The first-order valence-electron chi connectivity index (χ1n) is 6.44. The number of hydrogen-bond acceptors (Lipinski definition) is 4. The molecule has 2 rings (SSSR count). The molecule has 0 aliphatic rings. The fourth-order valence-electron chi connectivity index (χ4n) is 1.79. The number of carbonyl (C=O) groups is 2. The van der Waals surface area contributed by atoms with E-state index in [1.54, 1.807) is 24.3 Å². The zero-order valence-corrected chi connectivity index (χ0v) is 11.5. The molecule has 0 saturated heterocycles. The number of benzene rings is 1. The maximum absolute atomic E-state index is 12.1. The highest BCUT2D eigenvalue weighted by molar-refractivity contribution is 5.96. The van der Waals surface area contributed by atoms with E-state index in [4.69, 9.17) is 14.3 Å². The van der Waals surface area contributed by atoms with Gasteiger partial charge in [-0.1, -0.05) is 12.1 Å². The summed E-state index contributed by atoms with van der Waals surface area (Å²) in [5.41, 5.74) is 0.421. The van der Waals surface area contributed by atoms with Crippen LogP contribution in [0.25, 0.3) is 0 Å². The summed E-state index contributed by atoms with van der Waals surface area (Å²) >= 11 is 0. The third kappa shape index (κ3) is 3.62. The molecule has 6 nitrogen and oxygen atoms in total. The number of nitrogens with one attached hydrogen (secondary N) is 1. The highest BCUT2D eigenvalue weighted by Gasteiger charge is 2.13. The van der Waals surface area contributed by atoms with E-state index in [0.717, 1.165) is 0 Å². The third-order valence-corrected chi connectivity index (χ3v) is 2.73. The Bertz CT molecular complexity index is 647. The fraction of sp³-hybridized carbons (Fsp3) is 0.200. The van der Waals surface area contributed by atoms with E-state index in [2.05, 4.69) is 5.32 Å². The van der Waals surface area contributed by atoms with Crippen LogP contribution in [0.4, 0.5) is 0 Å². The van der Waals surface area contributed by atoms with Crippen molar-refractivity contribution in [1.82, 2.24) is 5.32 Å². The summed E-state index contributed by atoms with van der Waals surface area (Å²) in [7, 11) is 0. The molecule has 2 N–H and O–H groups in total. The van der Waals surface area contributed by atoms with Crippen molar-refractivity contribution in [2.45, 2.75) is 13.5 Å². The zero-order valence-electron chi connectivity index (χ0n) is 11.5. The first kappa shape index (κ1) is 14.6. The molecule has 0 aliphatic heterocycles. The lowest BCUT2D eigenvalue weighted by atomic mass is 10.2. The summed E-state index contributed by atoms with van der Waals surface area (Å²) < 4.78 is 10.4. The van der Waals surface area contributed by atoms with Gasteiger partial charge in [0.05, 0.1) is 18.7 Å². The molecule has 0 radical (unpaired) electrons. The van der Waals surface area contributed by atoms with Crippen LogP contribution in [0, 0.1) is 0 Å². The molecule has 0 bridgehead atoms. The van der Waals surface area contributed by atoms with E-state index >= 15 is 0 Å². The minimum atomic E-state index is -1.14. The van der Waals surface area contributed by atoms with Crippen LogP contribution in [0.1, 0.15) is 33.6 Å². The summed E-state index contributed by atoms with van der Waals surface area (Å²) in [4.78, 5) is 22.8. The lowest BCUT2D eigenvalue weighted by molar-refractivity contribution is 0.0660. The molecule has 1 aromatic carbocycles. The average Bonchev–Trinajstić information content (AvgIpc) is 2.95. The lowest BCUT2D eigenvalue weighted by Gasteiger charge is -2.09. The minimum absolute atomic E-state index is 0.104. The summed E-state index contributed by atoms with van der Waals surface area (Å²) in [5.74, 6) is -0.742. The Morgan fingerprint density at radius 3 is 2.67 bits per heavy atom. The van der Waals surface area contributed by atoms with Crippen LogP contribution >= 0.6 is 0 Å². The summed E-state index contributed by atoms with van der Waals surface area (Å²) in [5, 5.41) is 11.4. The van der Waals surface area contributed by atoms with E-state index in [1.165, 1.54) is 12.1 Å². The van der Waals surface area contributed by atoms with Gasteiger partial charge in [0.1, 0.15) is 11.5 Å². The van der Waals surface area contributed by atoms with Crippen LogP contribution in [-0.4, -0.2) is 23.6 Å². The van der Waals surface area contributed by atoms with Crippen molar-refractivity contribution in [1.29, 1.82) is 0 Å². The fourth-order valence-corrected chi connectivity index (χ4v) is 1.79. The van der Waals surface area contributed by atoms with Gasteiger partial charge >= 0.3 is 5.97 Å². The monoisotopic (exact) mass is 289 g/mol. The van der Waals surface area contributed by atoms with Crippen molar-refractivity contribution in [2.24, 2.45) is 0 Å². The summed E-state index contributed by atoms with van der Waals surface area (Å²) in [6, 6.07) is 9.76. The van der Waals surface area contributed by atoms with Gasteiger partial charge in [0.2, 0.25) is 5.76 Å². The number of ether oxygens (including phenoxy) is 1. The van der Waals surface area contributed by atoms with Gasteiger partial charge in [-0.05, 0) is 31.2 Å². The smallest absolute Gasteiger partial charge is 0.371 e. The molecule has 0 aliphatic carbocycles. The lowest BCUT2D eigenvalue weighted by Crippen LogP contribution is -2.23. The van der Waals surface area contributed by atoms with Crippen LogP contribution < -0.4 is 10.1 Å². The Kier molecular flexibility index (Phi) is 4.61. The second-order valence-electron chi connectivity index (χ2n) is 4.18. The Balaban J connectivity index is 2.02. The van der Waals surface area contributed by atoms with Crippen molar-refractivity contribution in [3.8, 4) is 5.75 Å². The Morgan fingerprint density at radius 1 is 1.24 bits per heavy atom. The Hall–Kier alpha value is -2.76. The number of hydrogen-bond donors (Lipinski definition) is 2. The van der Waals surface area contributed by atoms with Gasteiger partial charge in [-0.2, -0.15) is 0 Å². The summed E-state index contributed by atoms with van der Waals surface area (Å²) in [6.45, 7) is 2.40. The van der Waals surface area contributed by atoms with Crippen molar-refractivity contribution in [3.05, 3.63) is 53.5 Å². The first-order chi connectivity index (χ1) is 10.1. The highest BCUT2D eigenvalue weighted by Crippen LogP contribution is 2.18. The van der Waals surface area contributed by atoms with Gasteiger partial charge in [0, 0.05) is 0 Å². The molecule has 0 saturated carbocycles. The van der Waals surface area contributed by atoms with Crippen molar-refractivity contribution in [2.75, 3.05) is 6.61 Å². The number of carboxylic acids is 1. The molecule has 2 aromatic rings. The quantitative estimate of drug-likeness (QED) is 0.851. The number of amides is 1. The summed E-state index contributed by atoms with van der Waals surface area (Å²) in [6.07, 6.45) is 0. The van der Waals surface area contributed by atoms with E-state index in [0.29, 0.717) is 23.7 Å².